The van der Waals surface area contributed by atoms with Crippen LogP contribution in [-0.2, 0) is 11.3 Å². The molecule has 3 rings (SSSR count). The maximum Gasteiger partial charge on any atom is 0.269 e. The van der Waals surface area contributed by atoms with E-state index in [1.165, 1.54) is 17.0 Å². The van der Waals surface area contributed by atoms with Crippen LogP contribution < -0.4 is 10.9 Å². The van der Waals surface area contributed by atoms with Crippen LogP contribution in [0.2, 0.25) is 0 Å². The first-order valence-electron chi connectivity index (χ1n) is 7.85. The number of hydrogen-bond donors (Lipinski definition) is 1. The molecule has 1 N–H and O–H groups in total. The van der Waals surface area contributed by atoms with E-state index in [9.17, 15) is 14.4 Å². The molecule has 3 aromatic rings. The topological polar surface area (TPSA) is 94.2 Å². The van der Waals surface area contributed by atoms with E-state index >= 15 is 0 Å². The smallest absolute Gasteiger partial charge is 0.269 e. The van der Waals surface area contributed by atoms with Crippen molar-refractivity contribution >= 4 is 22.7 Å². The van der Waals surface area contributed by atoms with E-state index in [4.69, 9.17) is 4.42 Å². The second kappa shape index (κ2) is 7.12. The number of para-hydroxylation sites is 2. The highest BCUT2D eigenvalue weighted by Crippen LogP contribution is 2.09. The number of fused-ring (bicyclic) bond motifs is 1. The zero-order valence-corrected chi connectivity index (χ0v) is 13.6. The molecule has 0 saturated carbocycles. The number of nitrogens with zero attached hydrogens (tertiary/aromatic N) is 2. The van der Waals surface area contributed by atoms with Gasteiger partial charge in [-0.25, -0.2) is 4.98 Å². The molecule has 0 fully saturated rings. The summed E-state index contributed by atoms with van der Waals surface area (Å²) < 4.78 is 6.41. The van der Waals surface area contributed by atoms with Crippen molar-refractivity contribution in [1.82, 2.24) is 14.9 Å². The first-order chi connectivity index (χ1) is 12.0. The molecular formula is C18H17N3O4. The third kappa shape index (κ3) is 3.82. The minimum absolute atomic E-state index is 0.116. The Bertz CT molecular complexity index is 960. The second-order valence-electron chi connectivity index (χ2n) is 5.74. The second-order valence-corrected chi connectivity index (χ2v) is 5.74. The van der Waals surface area contributed by atoms with Crippen molar-refractivity contribution in [3.8, 4) is 0 Å². The summed E-state index contributed by atoms with van der Waals surface area (Å²) in [6, 6.07) is 9.94. The lowest BCUT2D eigenvalue weighted by atomic mass is 10.1. The zero-order chi connectivity index (χ0) is 17.8. The van der Waals surface area contributed by atoms with Gasteiger partial charge in [0.2, 0.25) is 5.91 Å². The number of Topliss-reactive ketones (excluding diaryl/α,β-unsaturated/α-hetero) is 1. The van der Waals surface area contributed by atoms with Gasteiger partial charge in [-0.3, -0.25) is 19.0 Å². The van der Waals surface area contributed by atoms with Gasteiger partial charge in [0, 0.05) is 12.5 Å². The summed E-state index contributed by atoms with van der Waals surface area (Å²) in [5.74, 6) is -0.278. The van der Waals surface area contributed by atoms with Crippen LogP contribution in [0, 0.1) is 0 Å². The molecule has 7 heteroatoms. The van der Waals surface area contributed by atoms with Crippen molar-refractivity contribution in [2.75, 3.05) is 0 Å². The lowest BCUT2D eigenvalue weighted by molar-refractivity contribution is -0.122. The van der Waals surface area contributed by atoms with Crippen LogP contribution in [-0.4, -0.2) is 27.3 Å². The van der Waals surface area contributed by atoms with Crippen LogP contribution in [0.4, 0.5) is 0 Å². The largest absolute Gasteiger partial charge is 0.461 e. The molecule has 0 saturated heterocycles. The number of ketones is 1. The maximum absolute atomic E-state index is 12.3. The molecule has 1 unspecified atom stereocenters. The Morgan fingerprint density at radius 2 is 2.04 bits per heavy atom. The number of carbonyl (C=O) groups excluding carboxylic acids is 2. The van der Waals surface area contributed by atoms with Crippen LogP contribution in [0.5, 0.6) is 0 Å². The average molecular weight is 339 g/mol. The van der Waals surface area contributed by atoms with Crippen LogP contribution >= 0.6 is 0 Å². The Morgan fingerprint density at radius 3 is 2.80 bits per heavy atom. The highest BCUT2D eigenvalue weighted by atomic mass is 16.3. The molecule has 1 aromatic carbocycles. The molecule has 0 spiro atoms. The molecule has 0 aliphatic heterocycles. The summed E-state index contributed by atoms with van der Waals surface area (Å²) in [6.07, 6.45) is 2.74. The molecule has 0 aliphatic rings. The fraction of sp³-hybridized carbons (Fsp3) is 0.222. The first-order valence-corrected chi connectivity index (χ1v) is 7.85. The zero-order valence-electron chi connectivity index (χ0n) is 13.6. The van der Waals surface area contributed by atoms with Crippen molar-refractivity contribution in [1.29, 1.82) is 0 Å². The number of rotatable bonds is 6. The number of amides is 1. The molecule has 7 nitrogen and oxygen atoms in total. The van der Waals surface area contributed by atoms with E-state index in [1.807, 2.05) is 6.07 Å². The Hall–Kier alpha value is -3.22. The molecule has 1 amide bonds. The molecule has 2 aromatic heterocycles. The molecule has 0 aliphatic carbocycles. The summed E-state index contributed by atoms with van der Waals surface area (Å²) in [6.45, 7) is 1.59. The fourth-order valence-electron chi connectivity index (χ4n) is 2.61. The lowest BCUT2D eigenvalue weighted by Gasteiger charge is -2.14. The molecule has 1 atom stereocenters. The quantitative estimate of drug-likeness (QED) is 0.691. The minimum atomic E-state index is -0.381. The van der Waals surface area contributed by atoms with Gasteiger partial charge in [-0.15, -0.1) is 0 Å². The summed E-state index contributed by atoms with van der Waals surface area (Å²) in [4.78, 5) is 40.3. The van der Waals surface area contributed by atoms with Crippen molar-refractivity contribution in [2.45, 2.75) is 25.9 Å². The Labute approximate surface area is 143 Å². The van der Waals surface area contributed by atoms with Gasteiger partial charge in [0.1, 0.15) is 6.54 Å². The molecule has 0 radical (unpaired) electrons. The van der Waals surface area contributed by atoms with Gasteiger partial charge < -0.3 is 9.73 Å². The SMILES string of the molecule is CC(CC(=O)c1ccco1)NC(=O)Cn1c(=O)cnc2ccccc21. The third-order valence-corrected chi connectivity index (χ3v) is 3.75. The first kappa shape index (κ1) is 16.6. The summed E-state index contributed by atoms with van der Waals surface area (Å²) >= 11 is 0. The maximum atomic E-state index is 12.3. The summed E-state index contributed by atoms with van der Waals surface area (Å²) in [5.41, 5.74) is 0.869. The minimum Gasteiger partial charge on any atom is -0.461 e. The highest BCUT2D eigenvalue weighted by molar-refractivity contribution is 5.94. The van der Waals surface area contributed by atoms with E-state index in [0.717, 1.165) is 0 Å². The summed E-state index contributed by atoms with van der Waals surface area (Å²) in [5, 5.41) is 2.73. The van der Waals surface area contributed by atoms with Crippen LogP contribution in [0.25, 0.3) is 11.0 Å². The molecule has 0 bridgehead atoms. The van der Waals surface area contributed by atoms with Crippen LogP contribution in [0.15, 0.2) is 58.1 Å². The monoisotopic (exact) mass is 339 g/mol. The number of carbonyl (C=O) groups is 2. The van der Waals surface area contributed by atoms with Crippen LogP contribution in [0.1, 0.15) is 23.9 Å². The van der Waals surface area contributed by atoms with E-state index in [0.29, 0.717) is 11.0 Å². The van der Waals surface area contributed by atoms with Crippen molar-refractivity contribution < 1.29 is 14.0 Å². The predicted molar refractivity (Wildman–Crippen MR) is 91.3 cm³/mol. The van der Waals surface area contributed by atoms with Gasteiger partial charge in [0.15, 0.2) is 11.5 Å². The predicted octanol–water partition coefficient (Wildman–Crippen LogP) is 1.77. The van der Waals surface area contributed by atoms with Gasteiger partial charge in [0.05, 0.1) is 23.5 Å². The Balaban J connectivity index is 1.68. The van der Waals surface area contributed by atoms with Gasteiger partial charge in [0.25, 0.3) is 5.56 Å². The van der Waals surface area contributed by atoms with E-state index in [-0.39, 0.29) is 42.0 Å². The fourth-order valence-corrected chi connectivity index (χ4v) is 2.61. The molecule has 2 heterocycles. The molecular weight excluding hydrogens is 322 g/mol. The van der Waals surface area contributed by atoms with Gasteiger partial charge in [-0.1, -0.05) is 12.1 Å². The number of furan rings is 1. The highest BCUT2D eigenvalue weighted by Gasteiger charge is 2.16. The van der Waals surface area contributed by atoms with Crippen LogP contribution in [0.3, 0.4) is 0 Å². The van der Waals surface area contributed by atoms with Crippen molar-refractivity contribution in [2.24, 2.45) is 0 Å². The average Bonchev–Trinajstić information content (AvgIpc) is 3.12. The van der Waals surface area contributed by atoms with Gasteiger partial charge in [-0.2, -0.15) is 0 Å². The van der Waals surface area contributed by atoms with E-state index in [2.05, 4.69) is 10.3 Å². The van der Waals surface area contributed by atoms with Crippen molar-refractivity contribution in [3.05, 3.63) is 65.0 Å². The number of aromatic nitrogens is 2. The van der Waals surface area contributed by atoms with E-state index in [1.54, 1.807) is 37.3 Å². The number of hydrogen-bond acceptors (Lipinski definition) is 5. The molecule has 128 valence electrons. The van der Waals surface area contributed by atoms with E-state index < -0.39 is 0 Å². The summed E-state index contributed by atoms with van der Waals surface area (Å²) in [7, 11) is 0. The van der Waals surface area contributed by atoms with Gasteiger partial charge >= 0.3 is 0 Å². The molecule has 25 heavy (non-hydrogen) atoms. The normalized spacial score (nSPS) is 12.0. The van der Waals surface area contributed by atoms with Crippen molar-refractivity contribution in [3.63, 3.8) is 0 Å². The third-order valence-electron chi connectivity index (χ3n) is 3.75. The lowest BCUT2D eigenvalue weighted by Crippen LogP contribution is -2.38. The number of benzene rings is 1. The number of nitrogens with one attached hydrogen (secondary N) is 1. The standard InChI is InChI=1S/C18H17N3O4/c1-12(9-15(22)16-7-4-8-25-16)20-17(23)11-21-14-6-3-2-5-13(14)19-10-18(21)24/h2-8,10,12H,9,11H2,1H3,(H,20,23). The Morgan fingerprint density at radius 1 is 1.24 bits per heavy atom. The Kier molecular flexibility index (Phi) is 4.74. The van der Waals surface area contributed by atoms with Gasteiger partial charge in [-0.05, 0) is 31.2 Å².